The third-order valence-electron chi connectivity index (χ3n) is 4.98. The number of carbonyl (C=O) groups excluding carboxylic acids is 1. The minimum absolute atomic E-state index is 0.210. The van der Waals surface area contributed by atoms with Gasteiger partial charge in [0.25, 0.3) is 0 Å². The van der Waals surface area contributed by atoms with E-state index in [0.29, 0.717) is 28.0 Å². The predicted molar refractivity (Wildman–Crippen MR) is 119 cm³/mol. The molecule has 0 fully saturated rings. The van der Waals surface area contributed by atoms with E-state index in [1.807, 2.05) is 25.1 Å². The summed E-state index contributed by atoms with van der Waals surface area (Å²) < 4.78 is 19.8. The molecule has 6 nitrogen and oxygen atoms in total. The summed E-state index contributed by atoms with van der Waals surface area (Å²) in [5.74, 6) is 0.617. The Hall–Kier alpha value is -3.00. The van der Waals surface area contributed by atoms with Gasteiger partial charge in [-0.2, -0.15) is 4.98 Å². The first-order valence-electron chi connectivity index (χ1n) is 10.2. The molecule has 0 spiro atoms. The van der Waals surface area contributed by atoms with Crippen molar-refractivity contribution in [3.63, 3.8) is 0 Å². The average Bonchev–Trinajstić information content (AvgIpc) is 2.88. The summed E-state index contributed by atoms with van der Waals surface area (Å²) >= 11 is 1.52. The van der Waals surface area contributed by atoms with Gasteiger partial charge in [0, 0.05) is 23.8 Å². The molecule has 8 heteroatoms. The van der Waals surface area contributed by atoms with E-state index in [9.17, 15) is 9.18 Å². The van der Waals surface area contributed by atoms with Crippen LogP contribution in [0.2, 0.25) is 0 Å². The Morgan fingerprint density at radius 3 is 2.68 bits per heavy atom. The van der Waals surface area contributed by atoms with E-state index < -0.39 is 6.23 Å². The van der Waals surface area contributed by atoms with Gasteiger partial charge in [-0.25, -0.2) is 4.39 Å². The molecule has 2 heterocycles. The monoisotopic (exact) mass is 438 g/mol. The quantitative estimate of drug-likeness (QED) is 0.397. The van der Waals surface area contributed by atoms with Crippen molar-refractivity contribution in [3.05, 3.63) is 59.4 Å². The SMILES string of the molecule is CCCCSc1nnc2c(n1)OC(c1ccc(F)cc1)N(C(C)=O)c1ccc(C)cc1-2. The second-order valence-electron chi connectivity index (χ2n) is 7.38. The zero-order valence-electron chi connectivity index (χ0n) is 17.6. The fourth-order valence-corrected chi connectivity index (χ4v) is 4.29. The van der Waals surface area contributed by atoms with Crippen LogP contribution in [0.3, 0.4) is 0 Å². The van der Waals surface area contributed by atoms with E-state index >= 15 is 0 Å². The Morgan fingerprint density at radius 2 is 1.97 bits per heavy atom. The number of thioether (sulfide) groups is 1. The second kappa shape index (κ2) is 9.01. The zero-order chi connectivity index (χ0) is 22.0. The van der Waals surface area contributed by atoms with Crippen molar-refractivity contribution in [2.75, 3.05) is 10.7 Å². The van der Waals surface area contributed by atoms with Crippen molar-refractivity contribution in [1.29, 1.82) is 0 Å². The van der Waals surface area contributed by atoms with Crippen molar-refractivity contribution < 1.29 is 13.9 Å². The Balaban J connectivity index is 1.87. The number of aromatic nitrogens is 3. The van der Waals surface area contributed by atoms with E-state index in [1.165, 1.54) is 30.8 Å². The molecule has 0 saturated carbocycles. The topological polar surface area (TPSA) is 68.2 Å². The van der Waals surface area contributed by atoms with E-state index in [-0.39, 0.29) is 11.7 Å². The molecule has 0 radical (unpaired) electrons. The predicted octanol–water partition coefficient (Wildman–Crippen LogP) is 5.32. The van der Waals surface area contributed by atoms with Crippen LogP contribution in [0, 0.1) is 12.7 Å². The molecule has 1 aliphatic heterocycles. The lowest BCUT2D eigenvalue weighted by Crippen LogP contribution is -2.36. The van der Waals surface area contributed by atoms with Crippen LogP contribution in [0.1, 0.15) is 44.0 Å². The fraction of sp³-hybridized carbons (Fsp3) is 0.304. The van der Waals surface area contributed by atoms with E-state index in [0.717, 1.165) is 29.7 Å². The Kier molecular flexibility index (Phi) is 6.18. The third-order valence-corrected chi connectivity index (χ3v) is 5.91. The van der Waals surface area contributed by atoms with Crippen LogP contribution < -0.4 is 9.64 Å². The molecular formula is C23H23FN4O2S. The highest BCUT2D eigenvalue weighted by atomic mass is 32.2. The fourth-order valence-electron chi connectivity index (χ4n) is 3.43. The molecule has 4 rings (SSSR count). The molecule has 0 aliphatic carbocycles. The van der Waals surface area contributed by atoms with Gasteiger partial charge < -0.3 is 4.74 Å². The molecule has 3 aromatic rings. The standard InChI is InChI=1S/C23H23FN4O2S/c1-4-5-12-31-23-25-21-20(26-27-23)18-13-14(2)6-11-19(18)28(15(3)29)22(30-21)16-7-9-17(24)10-8-16/h6-11,13,22H,4-5,12H2,1-3H3. The first-order chi connectivity index (χ1) is 15.0. The minimum Gasteiger partial charge on any atom is -0.447 e. The van der Waals surface area contributed by atoms with Crippen molar-refractivity contribution in [2.24, 2.45) is 0 Å². The van der Waals surface area contributed by atoms with Crippen LogP contribution in [0.4, 0.5) is 10.1 Å². The Labute approximate surface area is 184 Å². The van der Waals surface area contributed by atoms with Crippen LogP contribution in [-0.2, 0) is 4.79 Å². The molecule has 0 saturated heterocycles. The van der Waals surface area contributed by atoms with Crippen LogP contribution in [-0.4, -0.2) is 26.8 Å². The highest BCUT2D eigenvalue weighted by Crippen LogP contribution is 2.43. The van der Waals surface area contributed by atoms with Gasteiger partial charge in [0.05, 0.1) is 5.69 Å². The van der Waals surface area contributed by atoms with Gasteiger partial charge in [-0.05, 0) is 37.6 Å². The number of benzene rings is 2. The highest BCUT2D eigenvalue weighted by molar-refractivity contribution is 7.99. The van der Waals surface area contributed by atoms with Crippen LogP contribution in [0.15, 0.2) is 47.6 Å². The summed E-state index contributed by atoms with van der Waals surface area (Å²) in [6.45, 7) is 5.57. The van der Waals surface area contributed by atoms with Gasteiger partial charge in [0.2, 0.25) is 23.2 Å². The molecule has 31 heavy (non-hydrogen) atoms. The number of fused-ring (bicyclic) bond motifs is 3. The Morgan fingerprint density at radius 1 is 1.19 bits per heavy atom. The van der Waals surface area contributed by atoms with Crippen molar-refractivity contribution in [2.45, 2.75) is 45.0 Å². The number of amides is 1. The average molecular weight is 439 g/mol. The molecule has 0 bridgehead atoms. The van der Waals surface area contributed by atoms with Crippen molar-refractivity contribution in [3.8, 4) is 17.1 Å². The third kappa shape index (κ3) is 4.39. The van der Waals surface area contributed by atoms with E-state index in [1.54, 1.807) is 17.0 Å². The molecule has 2 aromatic carbocycles. The number of nitrogens with zero attached hydrogens (tertiary/aromatic N) is 4. The van der Waals surface area contributed by atoms with Crippen LogP contribution in [0.25, 0.3) is 11.3 Å². The molecule has 160 valence electrons. The van der Waals surface area contributed by atoms with Gasteiger partial charge in [-0.15, -0.1) is 10.2 Å². The molecule has 1 amide bonds. The Bertz CT molecular complexity index is 1110. The molecule has 1 aromatic heterocycles. The van der Waals surface area contributed by atoms with Gasteiger partial charge in [0.15, 0.2) is 5.69 Å². The summed E-state index contributed by atoms with van der Waals surface area (Å²) in [5, 5.41) is 9.23. The van der Waals surface area contributed by atoms with Crippen molar-refractivity contribution >= 4 is 23.4 Å². The summed E-state index contributed by atoms with van der Waals surface area (Å²) in [5.41, 5.74) is 3.49. The second-order valence-corrected chi connectivity index (χ2v) is 8.44. The minimum atomic E-state index is -0.814. The summed E-state index contributed by atoms with van der Waals surface area (Å²) in [4.78, 5) is 18.9. The first-order valence-corrected chi connectivity index (χ1v) is 11.2. The summed E-state index contributed by atoms with van der Waals surface area (Å²) in [7, 11) is 0. The van der Waals surface area contributed by atoms with E-state index in [2.05, 4.69) is 22.1 Å². The number of hydrogen-bond donors (Lipinski definition) is 0. The number of anilines is 1. The number of carbonyl (C=O) groups is 1. The number of halogens is 1. The lowest BCUT2D eigenvalue weighted by atomic mass is 10.0. The molecule has 1 aliphatic rings. The highest BCUT2D eigenvalue weighted by Gasteiger charge is 2.34. The lowest BCUT2D eigenvalue weighted by molar-refractivity contribution is -0.118. The maximum Gasteiger partial charge on any atom is 0.247 e. The zero-order valence-corrected chi connectivity index (χ0v) is 18.4. The van der Waals surface area contributed by atoms with Crippen LogP contribution >= 0.6 is 11.8 Å². The maximum absolute atomic E-state index is 13.6. The summed E-state index contributed by atoms with van der Waals surface area (Å²) in [6.07, 6.45) is 1.31. The largest absolute Gasteiger partial charge is 0.447 e. The molecule has 0 N–H and O–H groups in total. The smallest absolute Gasteiger partial charge is 0.247 e. The molecule has 1 unspecified atom stereocenters. The number of unbranched alkanes of at least 4 members (excludes halogenated alkanes) is 1. The normalized spacial score (nSPS) is 15.0. The van der Waals surface area contributed by atoms with Gasteiger partial charge in [-0.1, -0.05) is 48.9 Å². The number of rotatable bonds is 5. The number of hydrogen-bond acceptors (Lipinski definition) is 6. The maximum atomic E-state index is 13.6. The van der Waals surface area contributed by atoms with Crippen LogP contribution in [0.5, 0.6) is 5.88 Å². The molecular weight excluding hydrogens is 415 g/mol. The van der Waals surface area contributed by atoms with E-state index in [4.69, 9.17) is 4.74 Å². The number of ether oxygens (including phenoxy) is 1. The van der Waals surface area contributed by atoms with Gasteiger partial charge in [0.1, 0.15) is 5.82 Å². The lowest BCUT2D eigenvalue weighted by Gasteiger charge is -2.30. The van der Waals surface area contributed by atoms with Gasteiger partial charge in [-0.3, -0.25) is 9.69 Å². The summed E-state index contributed by atoms with van der Waals surface area (Å²) in [6, 6.07) is 11.7. The number of aryl methyl sites for hydroxylation is 1. The van der Waals surface area contributed by atoms with Crippen molar-refractivity contribution in [1.82, 2.24) is 15.2 Å². The van der Waals surface area contributed by atoms with Gasteiger partial charge >= 0.3 is 0 Å². The molecule has 1 atom stereocenters. The first kappa shape index (κ1) is 21.2.